The van der Waals surface area contributed by atoms with E-state index in [9.17, 15) is 14.7 Å². The van der Waals surface area contributed by atoms with Crippen molar-refractivity contribution in [3.05, 3.63) is 21.9 Å². The quantitative estimate of drug-likeness (QED) is 0.769. The zero-order valence-electron chi connectivity index (χ0n) is 11.5. The van der Waals surface area contributed by atoms with Crippen molar-refractivity contribution in [2.45, 2.75) is 43.9 Å². The van der Waals surface area contributed by atoms with Gasteiger partial charge < -0.3 is 20.4 Å². The SMILES string of the molecule is O=C(O)[C@@H]1C[C@@H](O)CN1C(=O)NC1CCCc2sccc21. The van der Waals surface area contributed by atoms with Crippen LogP contribution < -0.4 is 5.32 Å². The number of hydrogen-bond acceptors (Lipinski definition) is 4. The molecule has 1 unspecified atom stereocenters. The minimum atomic E-state index is -1.07. The second kappa shape index (κ2) is 5.65. The fourth-order valence-corrected chi connectivity index (χ4v) is 4.13. The monoisotopic (exact) mass is 310 g/mol. The van der Waals surface area contributed by atoms with Crippen molar-refractivity contribution in [2.75, 3.05) is 6.54 Å². The summed E-state index contributed by atoms with van der Waals surface area (Å²) < 4.78 is 0. The maximum absolute atomic E-state index is 12.3. The number of nitrogens with one attached hydrogen (secondary N) is 1. The third kappa shape index (κ3) is 2.75. The molecule has 2 aliphatic rings. The molecule has 1 aliphatic heterocycles. The Morgan fingerprint density at radius 3 is 3.00 bits per heavy atom. The topological polar surface area (TPSA) is 89.9 Å². The van der Waals surface area contributed by atoms with Gasteiger partial charge in [-0.15, -0.1) is 11.3 Å². The Morgan fingerprint density at radius 2 is 2.24 bits per heavy atom. The number of carboxylic acid groups (broad SMARTS) is 1. The minimum Gasteiger partial charge on any atom is -0.480 e. The Bertz CT molecular complexity index is 559. The molecule has 1 aromatic rings. The molecule has 3 rings (SSSR count). The van der Waals surface area contributed by atoms with E-state index < -0.39 is 24.1 Å². The molecule has 1 aromatic heterocycles. The number of carbonyl (C=O) groups excluding carboxylic acids is 1. The maximum atomic E-state index is 12.3. The lowest BCUT2D eigenvalue weighted by molar-refractivity contribution is -0.141. The largest absolute Gasteiger partial charge is 0.480 e. The molecule has 3 N–H and O–H groups in total. The van der Waals surface area contributed by atoms with Gasteiger partial charge in [0.1, 0.15) is 6.04 Å². The van der Waals surface area contributed by atoms with Gasteiger partial charge in [0, 0.05) is 17.8 Å². The molecule has 0 spiro atoms. The number of nitrogens with zero attached hydrogens (tertiary/aromatic N) is 1. The van der Waals surface area contributed by atoms with Crippen LogP contribution in [0, 0.1) is 0 Å². The van der Waals surface area contributed by atoms with Crippen molar-refractivity contribution in [3.8, 4) is 0 Å². The number of likely N-dealkylation sites (tertiary alicyclic amines) is 1. The van der Waals surface area contributed by atoms with Crippen molar-refractivity contribution in [1.29, 1.82) is 0 Å². The maximum Gasteiger partial charge on any atom is 0.326 e. The highest BCUT2D eigenvalue weighted by atomic mass is 32.1. The molecule has 0 saturated carbocycles. The molecule has 3 atom stereocenters. The van der Waals surface area contributed by atoms with Crippen LogP contribution in [0.4, 0.5) is 4.79 Å². The lowest BCUT2D eigenvalue weighted by atomic mass is 9.94. The average molecular weight is 310 g/mol. The number of aliphatic hydroxyl groups is 1. The van der Waals surface area contributed by atoms with Crippen LogP contribution in [0.3, 0.4) is 0 Å². The van der Waals surface area contributed by atoms with E-state index in [2.05, 4.69) is 5.32 Å². The van der Waals surface area contributed by atoms with E-state index in [1.165, 1.54) is 9.78 Å². The smallest absolute Gasteiger partial charge is 0.326 e. The number of amides is 2. The first-order valence-corrected chi connectivity index (χ1v) is 7.98. The molecule has 1 aliphatic carbocycles. The number of aliphatic carboxylic acids is 1. The van der Waals surface area contributed by atoms with Gasteiger partial charge in [-0.1, -0.05) is 0 Å². The number of fused-ring (bicyclic) bond motifs is 1. The van der Waals surface area contributed by atoms with Crippen LogP contribution in [0.1, 0.15) is 35.7 Å². The van der Waals surface area contributed by atoms with Gasteiger partial charge in [0.25, 0.3) is 0 Å². The van der Waals surface area contributed by atoms with E-state index in [0.29, 0.717) is 0 Å². The lowest BCUT2D eigenvalue weighted by Crippen LogP contribution is -2.47. The summed E-state index contributed by atoms with van der Waals surface area (Å²) in [4.78, 5) is 26.1. The Morgan fingerprint density at radius 1 is 1.43 bits per heavy atom. The second-order valence-electron chi connectivity index (χ2n) is 5.59. The van der Waals surface area contributed by atoms with Gasteiger partial charge in [0.05, 0.1) is 12.1 Å². The number of hydrogen-bond donors (Lipinski definition) is 3. The third-order valence-corrected chi connectivity index (χ3v) is 5.17. The van der Waals surface area contributed by atoms with Gasteiger partial charge in [-0.05, 0) is 36.3 Å². The standard InChI is InChI=1S/C14H18N2O4S/c17-8-6-11(13(18)19)16(7-8)14(20)15-10-2-1-3-12-9(10)4-5-21-12/h4-5,8,10-11,17H,1-3,6-7H2,(H,15,20)(H,18,19)/t8-,10?,11+/m1/s1. The summed E-state index contributed by atoms with van der Waals surface area (Å²) in [5.41, 5.74) is 1.14. The first-order chi connectivity index (χ1) is 10.1. The van der Waals surface area contributed by atoms with Crippen LogP contribution in [-0.4, -0.2) is 45.8 Å². The summed E-state index contributed by atoms with van der Waals surface area (Å²) in [5.74, 6) is -1.07. The Hall–Kier alpha value is -1.60. The van der Waals surface area contributed by atoms with Crippen LogP contribution in [0.5, 0.6) is 0 Å². The molecule has 1 fully saturated rings. The average Bonchev–Trinajstić information content (AvgIpc) is 3.05. The number of rotatable bonds is 2. The first kappa shape index (κ1) is 14.3. The number of thiophene rings is 1. The molecular formula is C14H18N2O4S. The summed E-state index contributed by atoms with van der Waals surface area (Å²) in [6.07, 6.45) is 2.25. The highest BCUT2D eigenvalue weighted by molar-refractivity contribution is 7.10. The number of β-amino-alcohol motifs (C(OH)–C–C–N with tert-alkyl or cyclic N) is 1. The van der Waals surface area contributed by atoms with Crippen LogP contribution in [0.15, 0.2) is 11.4 Å². The molecular weight excluding hydrogens is 292 g/mol. The number of carboxylic acids is 1. The summed E-state index contributed by atoms with van der Waals surface area (Å²) in [6.45, 7) is 0.0754. The van der Waals surface area contributed by atoms with E-state index in [-0.39, 0.29) is 19.0 Å². The number of aliphatic hydroxyl groups excluding tert-OH is 1. The molecule has 1 saturated heterocycles. The van der Waals surface area contributed by atoms with E-state index in [1.807, 2.05) is 11.4 Å². The van der Waals surface area contributed by atoms with Gasteiger partial charge in [0.15, 0.2) is 0 Å². The van der Waals surface area contributed by atoms with Gasteiger partial charge in [-0.25, -0.2) is 9.59 Å². The third-order valence-electron chi connectivity index (χ3n) is 4.17. The summed E-state index contributed by atoms with van der Waals surface area (Å²) in [7, 11) is 0. The van der Waals surface area contributed by atoms with Crippen LogP contribution >= 0.6 is 11.3 Å². The van der Waals surface area contributed by atoms with Gasteiger partial charge in [-0.3, -0.25) is 0 Å². The van der Waals surface area contributed by atoms with Crippen molar-refractivity contribution in [1.82, 2.24) is 10.2 Å². The predicted octanol–water partition coefficient (Wildman–Crippen LogP) is 1.35. The Kier molecular flexibility index (Phi) is 3.86. The summed E-state index contributed by atoms with van der Waals surface area (Å²) >= 11 is 1.70. The number of aryl methyl sites for hydroxylation is 1. The van der Waals surface area contributed by atoms with Crippen LogP contribution in [-0.2, 0) is 11.2 Å². The molecule has 7 heteroatoms. The zero-order valence-corrected chi connectivity index (χ0v) is 12.3. The Labute approximate surface area is 126 Å². The fourth-order valence-electron chi connectivity index (χ4n) is 3.14. The number of carbonyl (C=O) groups is 2. The van der Waals surface area contributed by atoms with Crippen molar-refractivity contribution in [2.24, 2.45) is 0 Å². The highest BCUT2D eigenvalue weighted by Crippen LogP contribution is 2.33. The van der Waals surface area contributed by atoms with Crippen LogP contribution in [0.2, 0.25) is 0 Å². The van der Waals surface area contributed by atoms with E-state index in [4.69, 9.17) is 5.11 Å². The molecule has 6 nitrogen and oxygen atoms in total. The normalized spacial score (nSPS) is 28.2. The summed E-state index contributed by atoms with van der Waals surface area (Å²) in [6, 6.07) is 0.630. The van der Waals surface area contributed by atoms with Gasteiger partial charge in [0.2, 0.25) is 0 Å². The molecule has 0 radical (unpaired) electrons. The predicted molar refractivity (Wildman–Crippen MR) is 77.3 cm³/mol. The molecule has 2 amide bonds. The second-order valence-corrected chi connectivity index (χ2v) is 6.59. The molecule has 2 heterocycles. The minimum absolute atomic E-state index is 0.0558. The van der Waals surface area contributed by atoms with Crippen molar-refractivity contribution >= 4 is 23.3 Å². The highest BCUT2D eigenvalue weighted by Gasteiger charge is 2.39. The number of urea groups is 1. The van der Waals surface area contributed by atoms with Gasteiger partial charge in [-0.2, -0.15) is 0 Å². The van der Waals surface area contributed by atoms with E-state index in [0.717, 1.165) is 24.8 Å². The Balaban J connectivity index is 1.71. The zero-order chi connectivity index (χ0) is 15.0. The van der Waals surface area contributed by atoms with Crippen LogP contribution in [0.25, 0.3) is 0 Å². The van der Waals surface area contributed by atoms with E-state index >= 15 is 0 Å². The first-order valence-electron chi connectivity index (χ1n) is 7.10. The summed E-state index contributed by atoms with van der Waals surface area (Å²) in [5, 5.41) is 23.7. The molecule has 21 heavy (non-hydrogen) atoms. The van der Waals surface area contributed by atoms with Crippen molar-refractivity contribution in [3.63, 3.8) is 0 Å². The van der Waals surface area contributed by atoms with Crippen molar-refractivity contribution < 1.29 is 19.8 Å². The van der Waals surface area contributed by atoms with Gasteiger partial charge >= 0.3 is 12.0 Å². The fraction of sp³-hybridized carbons (Fsp3) is 0.571. The lowest BCUT2D eigenvalue weighted by Gasteiger charge is -2.28. The molecule has 0 aromatic carbocycles. The molecule has 114 valence electrons. The molecule has 0 bridgehead atoms. The van der Waals surface area contributed by atoms with E-state index in [1.54, 1.807) is 11.3 Å².